The van der Waals surface area contributed by atoms with Crippen molar-refractivity contribution in [1.29, 1.82) is 0 Å². The number of fused-ring (bicyclic) bond motifs is 2. The first-order valence-corrected chi connectivity index (χ1v) is 14.6. The molecule has 0 spiro atoms. The van der Waals surface area contributed by atoms with Crippen LogP contribution in [0.25, 0.3) is 0 Å². The second kappa shape index (κ2) is 10.9. The second-order valence-electron chi connectivity index (χ2n) is 11.4. The summed E-state index contributed by atoms with van der Waals surface area (Å²) < 4.78 is 11.7. The van der Waals surface area contributed by atoms with Crippen LogP contribution in [-0.2, 0) is 22.6 Å². The Labute approximate surface area is 230 Å². The lowest BCUT2D eigenvalue weighted by atomic mass is 9.88. The largest absolute Gasteiger partial charge is 0.493 e. The highest BCUT2D eigenvalue weighted by Crippen LogP contribution is 2.47. The molecule has 0 aromatic heterocycles. The minimum Gasteiger partial charge on any atom is -0.493 e. The fraction of sp³-hybridized carbons (Fsp3) is 0.548. The molecule has 0 unspecified atom stereocenters. The van der Waals surface area contributed by atoms with E-state index in [1.807, 2.05) is 12.1 Å². The number of hydrogen-bond donors (Lipinski definition) is 0. The molecule has 6 rings (SSSR count). The third-order valence-corrected chi connectivity index (χ3v) is 9.19. The number of aryl methyl sites for hydroxylation is 1. The molecule has 3 aliphatic carbocycles. The molecule has 202 valence electrons. The van der Waals surface area contributed by atoms with Crippen molar-refractivity contribution in [3.63, 3.8) is 0 Å². The van der Waals surface area contributed by atoms with Crippen LogP contribution >= 0.6 is 11.6 Å². The highest BCUT2D eigenvalue weighted by atomic mass is 35.5. The number of carbonyl (C=O) groups excluding carboxylic acids is 2. The number of likely N-dealkylation sites (tertiary alicyclic amines) is 1. The van der Waals surface area contributed by atoms with E-state index in [0.717, 1.165) is 43.3 Å². The van der Waals surface area contributed by atoms with Gasteiger partial charge < -0.3 is 9.47 Å². The molecule has 1 aliphatic heterocycles. The van der Waals surface area contributed by atoms with Gasteiger partial charge in [-0.15, -0.1) is 0 Å². The lowest BCUT2D eigenvalue weighted by molar-refractivity contribution is -0.141. The normalized spacial score (nSPS) is 24.6. The van der Waals surface area contributed by atoms with Gasteiger partial charge >= 0.3 is 0 Å². The van der Waals surface area contributed by atoms with E-state index in [4.69, 9.17) is 21.1 Å². The number of imide groups is 1. The van der Waals surface area contributed by atoms with E-state index in [1.165, 1.54) is 53.7 Å². The van der Waals surface area contributed by atoms with Crippen molar-refractivity contribution in [3.8, 4) is 11.5 Å². The molecule has 6 nitrogen and oxygen atoms in total. The van der Waals surface area contributed by atoms with Crippen molar-refractivity contribution in [1.82, 2.24) is 9.80 Å². The lowest BCUT2D eigenvalue weighted by Gasteiger charge is -2.34. The van der Waals surface area contributed by atoms with Crippen LogP contribution in [0.2, 0.25) is 5.02 Å². The van der Waals surface area contributed by atoms with E-state index in [0.29, 0.717) is 17.5 Å². The van der Waals surface area contributed by atoms with E-state index in [1.54, 1.807) is 7.11 Å². The highest BCUT2D eigenvalue weighted by Gasteiger charge is 2.58. The summed E-state index contributed by atoms with van der Waals surface area (Å²) in [5, 5.41) is 0.818. The number of piperidine rings is 1. The van der Waals surface area contributed by atoms with E-state index < -0.39 is 0 Å². The molecule has 2 saturated carbocycles. The van der Waals surface area contributed by atoms with Crippen LogP contribution in [0.1, 0.15) is 67.7 Å². The van der Waals surface area contributed by atoms with Crippen LogP contribution in [0.4, 0.5) is 0 Å². The summed E-state index contributed by atoms with van der Waals surface area (Å²) in [4.78, 5) is 28.5. The van der Waals surface area contributed by atoms with Gasteiger partial charge in [-0.2, -0.15) is 0 Å². The van der Waals surface area contributed by atoms with Gasteiger partial charge in [0.1, 0.15) is 6.61 Å². The number of ether oxygens (including phenoxy) is 2. The van der Waals surface area contributed by atoms with Gasteiger partial charge in [-0.25, -0.2) is 0 Å². The van der Waals surface area contributed by atoms with Gasteiger partial charge in [-0.1, -0.05) is 43.0 Å². The third-order valence-electron chi connectivity index (χ3n) is 8.95. The predicted octanol–water partition coefficient (Wildman–Crippen LogP) is 5.80. The average molecular weight is 537 g/mol. The zero-order valence-corrected chi connectivity index (χ0v) is 22.9. The van der Waals surface area contributed by atoms with E-state index >= 15 is 0 Å². The molecule has 7 heteroatoms. The topological polar surface area (TPSA) is 59.1 Å². The van der Waals surface area contributed by atoms with Crippen LogP contribution in [0, 0.1) is 17.8 Å². The smallest absolute Gasteiger partial charge is 0.233 e. The van der Waals surface area contributed by atoms with E-state index in [2.05, 4.69) is 29.2 Å². The molecule has 1 heterocycles. The van der Waals surface area contributed by atoms with Crippen molar-refractivity contribution >= 4 is 23.4 Å². The molecule has 38 heavy (non-hydrogen) atoms. The number of amides is 2. The Kier molecular flexibility index (Phi) is 7.37. The average Bonchev–Trinajstić information content (AvgIpc) is 3.57. The minimum atomic E-state index is -0.0725. The van der Waals surface area contributed by atoms with Gasteiger partial charge in [0.2, 0.25) is 11.8 Å². The number of benzene rings is 2. The Morgan fingerprint density at radius 2 is 1.76 bits per heavy atom. The van der Waals surface area contributed by atoms with Crippen LogP contribution in [0.5, 0.6) is 11.5 Å². The standard InChI is InChI=1S/C31H37ClN2O4/c1-37-29-15-21(7-12-28(29)38-14-13-34-30(35)25-17-26(25)31(34)36)19-33(18-20-5-3-2-4-6-20)27-11-8-22-16-23(32)9-10-24(22)27/h7,9-10,12,15-16,20,25-27H,2-6,8,11,13-14,17-19H2,1H3/t25-,26-,27+/m1/s1. The molecule has 0 N–H and O–H groups in total. The summed E-state index contributed by atoms with van der Waals surface area (Å²) in [6.45, 7) is 2.50. The van der Waals surface area contributed by atoms with Crippen LogP contribution < -0.4 is 9.47 Å². The molecule has 3 fully saturated rings. The van der Waals surface area contributed by atoms with Crippen molar-refractivity contribution in [2.24, 2.45) is 17.8 Å². The Morgan fingerprint density at radius 3 is 2.53 bits per heavy atom. The van der Waals surface area contributed by atoms with Gasteiger partial charge in [-0.3, -0.25) is 19.4 Å². The Bertz CT molecular complexity index is 1190. The Morgan fingerprint density at radius 1 is 0.974 bits per heavy atom. The maximum Gasteiger partial charge on any atom is 0.233 e. The number of methoxy groups -OCH3 is 1. The molecule has 0 radical (unpaired) electrons. The van der Waals surface area contributed by atoms with Gasteiger partial charge in [0.05, 0.1) is 25.5 Å². The monoisotopic (exact) mass is 536 g/mol. The number of halogens is 1. The second-order valence-corrected chi connectivity index (χ2v) is 11.9. The maximum absolute atomic E-state index is 12.2. The van der Waals surface area contributed by atoms with Crippen molar-refractivity contribution in [3.05, 3.63) is 58.1 Å². The minimum absolute atomic E-state index is 0.0419. The summed E-state index contributed by atoms with van der Waals surface area (Å²) in [6, 6.07) is 12.9. The molecule has 4 aliphatic rings. The van der Waals surface area contributed by atoms with Crippen LogP contribution in [0.15, 0.2) is 36.4 Å². The Hall–Kier alpha value is -2.57. The first-order chi connectivity index (χ1) is 18.5. The third kappa shape index (κ3) is 5.17. The lowest BCUT2D eigenvalue weighted by Crippen LogP contribution is -2.36. The number of rotatable bonds is 10. The molecule has 2 amide bonds. The fourth-order valence-corrected chi connectivity index (χ4v) is 7.02. The summed E-state index contributed by atoms with van der Waals surface area (Å²) in [6.07, 6.45) is 9.59. The Balaban J connectivity index is 1.15. The molecule has 1 saturated heterocycles. The molecular formula is C31H37ClN2O4. The summed E-state index contributed by atoms with van der Waals surface area (Å²) in [5.41, 5.74) is 3.99. The molecular weight excluding hydrogens is 500 g/mol. The summed E-state index contributed by atoms with van der Waals surface area (Å²) >= 11 is 6.30. The van der Waals surface area contributed by atoms with Gasteiger partial charge in [-0.05, 0) is 79.0 Å². The van der Waals surface area contributed by atoms with Crippen LogP contribution in [-0.4, -0.2) is 48.4 Å². The molecule has 0 bridgehead atoms. The number of hydrogen-bond acceptors (Lipinski definition) is 5. The quantitative estimate of drug-likeness (QED) is 0.359. The molecule has 2 aromatic carbocycles. The van der Waals surface area contributed by atoms with Crippen LogP contribution in [0.3, 0.4) is 0 Å². The summed E-state index contributed by atoms with van der Waals surface area (Å²) in [5.74, 6) is 1.83. The fourth-order valence-electron chi connectivity index (χ4n) is 6.83. The number of nitrogens with zero attached hydrogens (tertiary/aromatic N) is 2. The predicted molar refractivity (Wildman–Crippen MR) is 146 cm³/mol. The van der Waals surface area contributed by atoms with Crippen molar-refractivity contribution in [2.45, 2.75) is 64.0 Å². The van der Waals surface area contributed by atoms with E-state index in [9.17, 15) is 9.59 Å². The zero-order chi connectivity index (χ0) is 26.2. The van der Waals surface area contributed by atoms with Crippen molar-refractivity contribution < 1.29 is 19.1 Å². The zero-order valence-electron chi connectivity index (χ0n) is 22.2. The molecule has 2 aromatic rings. The van der Waals surface area contributed by atoms with Crippen molar-refractivity contribution in [2.75, 3.05) is 26.8 Å². The van der Waals surface area contributed by atoms with E-state index in [-0.39, 0.29) is 36.8 Å². The number of carbonyl (C=O) groups is 2. The molecule has 3 atom stereocenters. The maximum atomic E-state index is 12.2. The van der Waals surface area contributed by atoms with Gasteiger partial charge in [0.25, 0.3) is 0 Å². The first kappa shape index (κ1) is 25.7. The first-order valence-electron chi connectivity index (χ1n) is 14.2. The SMILES string of the molecule is COc1cc(CN(CC2CCCCC2)[C@H]2CCc3cc(Cl)ccc32)ccc1OCCN1C(=O)[C@@H]2C[C@H]2C1=O. The van der Waals surface area contributed by atoms with Gasteiger partial charge in [0, 0.05) is 24.2 Å². The summed E-state index contributed by atoms with van der Waals surface area (Å²) in [7, 11) is 1.66. The highest BCUT2D eigenvalue weighted by molar-refractivity contribution is 6.30. The van der Waals surface area contributed by atoms with Gasteiger partial charge in [0.15, 0.2) is 11.5 Å².